The first kappa shape index (κ1) is 39.2. The van der Waals surface area contributed by atoms with E-state index in [1.165, 1.54) is 22.3 Å². The Morgan fingerprint density at radius 3 is 0.941 bits per heavy atom. The zero-order valence-electron chi connectivity index (χ0n) is 36.9. The Bertz CT molecular complexity index is 3750. The minimum atomic E-state index is 0.610. The molecule has 3 aromatic heterocycles. The molecule has 0 aliphatic heterocycles. The van der Waals surface area contributed by atoms with Crippen molar-refractivity contribution < 1.29 is 0 Å². The van der Waals surface area contributed by atoms with Gasteiger partial charge in [0.2, 0.25) is 0 Å². The standard InChI is InChI=1S/C63H41N5/c1-4-16-42(17-5-1)45-30-32-48(33-31-45)61-64-62(53-24-14-28-57-59(53)51-22-10-12-26-55(51)67(57)49-38-34-46(35-39-49)43-18-6-2-7-19-43)66-63(65-61)54-25-15-29-58-60(54)52-23-11-13-27-56(52)68(58)50-40-36-47(37-41-50)44-20-8-3-9-21-44/h1-41H. The number of nitrogens with zero attached hydrogens (tertiary/aromatic N) is 5. The molecule has 0 N–H and O–H groups in total. The molecule has 68 heavy (non-hydrogen) atoms. The van der Waals surface area contributed by atoms with Crippen LogP contribution in [0.3, 0.4) is 0 Å². The fourth-order valence-corrected chi connectivity index (χ4v) is 10.0. The first-order valence-electron chi connectivity index (χ1n) is 23.0. The average molecular weight is 868 g/mol. The smallest absolute Gasteiger partial charge is 0.164 e. The summed E-state index contributed by atoms with van der Waals surface area (Å²) in [4.78, 5) is 16.2. The monoisotopic (exact) mass is 867 g/mol. The molecule has 0 amide bonds. The van der Waals surface area contributed by atoms with E-state index < -0.39 is 0 Å². The molecule has 0 unspecified atom stereocenters. The number of aromatic nitrogens is 5. The zero-order chi connectivity index (χ0) is 45.0. The minimum Gasteiger partial charge on any atom is -0.309 e. The highest BCUT2D eigenvalue weighted by Gasteiger charge is 2.22. The van der Waals surface area contributed by atoms with E-state index >= 15 is 0 Å². The molecule has 0 saturated heterocycles. The number of benzene rings is 10. The molecule has 0 atom stereocenters. The van der Waals surface area contributed by atoms with Crippen LogP contribution in [0.25, 0.3) is 123 Å². The maximum atomic E-state index is 5.49. The van der Waals surface area contributed by atoms with Gasteiger partial charge in [-0.3, -0.25) is 0 Å². The van der Waals surface area contributed by atoms with E-state index in [-0.39, 0.29) is 0 Å². The quantitative estimate of drug-likeness (QED) is 0.153. The van der Waals surface area contributed by atoms with Gasteiger partial charge in [-0.05, 0) is 81.9 Å². The van der Waals surface area contributed by atoms with E-state index in [2.05, 4.69) is 252 Å². The lowest BCUT2D eigenvalue weighted by Crippen LogP contribution is -2.01. The third kappa shape index (κ3) is 6.68. The lowest BCUT2D eigenvalue weighted by molar-refractivity contribution is 1.08. The van der Waals surface area contributed by atoms with Crippen molar-refractivity contribution in [3.8, 4) is 78.9 Å². The number of para-hydroxylation sites is 2. The molecule has 0 radical (unpaired) electrons. The molecule has 0 fully saturated rings. The van der Waals surface area contributed by atoms with E-state index in [1.54, 1.807) is 0 Å². The summed E-state index contributed by atoms with van der Waals surface area (Å²) in [6.07, 6.45) is 0. The van der Waals surface area contributed by atoms with Crippen LogP contribution in [0, 0.1) is 0 Å². The van der Waals surface area contributed by atoms with Crippen molar-refractivity contribution in [3.05, 3.63) is 249 Å². The first-order chi connectivity index (χ1) is 33.7. The normalized spacial score (nSPS) is 11.5. The van der Waals surface area contributed by atoms with E-state index in [0.717, 1.165) is 82.8 Å². The topological polar surface area (TPSA) is 48.5 Å². The molecule has 318 valence electrons. The van der Waals surface area contributed by atoms with Crippen LogP contribution in [-0.4, -0.2) is 24.1 Å². The van der Waals surface area contributed by atoms with Crippen LogP contribution < -0.4 is 0 Å². The van der Waals surface area contributed by atoms with Crippen molar-refractivity contribution in [2.75, 3.05) is 0 Å². The second-order valence-electron chi connectivity index (χ2n) is 17.2. The number of rotatable bonds is 8. The van der Waals surface area contributed by atoms with Crippen LogP contribution in [0.2, 0.25) is 0 Å². The molecule has 13 rings (SSSR count). The van der Waals surface area contributed by atoms with E-state index in [9.17, 15) is 0 Å². The van der Waals surface area contributed by atoms with Gasteiger partial charge in [0.05, 0.1) is 22.1 Å². The Balaban J connectivity index is 1.02. The van der Waals surface area contributed by atoms with Gasteiger partial charge in [0.15, 0.2) is 17.5 Å². The molecular weight excluding hydrogens is 827 g/mol. The third-order valence-corrected chi connectivity index (χ3v) is 13.2. The molecule has 0 aliphatic carbocycles. The summed E-state index contributed by atoms with van der Waals surface area (Å²) in [5, 5.41) is 4.44. The molecule has 5 nitrogen and oxygen atoms in total. The van der Waals surface area contributed by atoms with Gasteiger partial charge in [0.1, 0.15) is 0 Å². The maximum absolute atomic E-state index is 5.49. The van der Waals surface area contributed by atoms with Crippen molar-refractivity contribution in [1.82, 2.24) is 24.1 Å². The average Bonchev–Trinajstić information content (AvgIpc) is 3.95. The molecule has 0 spiro atoms. The zero-order valence-corrected chi connectivity index (χ0v) is 36.9. The Morgan fingerprint density at radius 1 is 0.221 bits per heavy atom. The summed E-state index contributed by atoms with van der Waals surface area (Å²) >= 11 is 0. The van der Waals surface area contributed by atoms with Crippen molar-refractivity contribution >= 4 is 43.6 Å². The van der Waals surface area contributed by atoms with Crippen LogP contribution in [0.4, 0.5) is 0 Å². The molecule has 10 aromatic carbocycles. The maximum Gasteiger partial charge on any atom is 0.164 e. The molecule has 0 saturated carbocycles. The van der Waals surface area contributed by atoms with Crippen LogP contribution >= 0.6 is 0 Å². The van der Waals surface area contributed by atoms with Gasteiger partial charge in [-0.15, -0.1) is 0 Å². The van der Waals surface area contributed by atoms with Crippen LogP contribution in [0.15, 0.2) is 249 Å². The van der Waals surface area contributed by atoms with Crippen molar-refractivity contribution in [3.63, 3.8) is 0 Å². The Labute approximate surface area is 393 Å². The summed E-state index contributed by atoms with van der Waals surface area (Å²) in [5.74, 6) is 1.84. The van der Waals surface area contributed by atoms with Gasteiger partial charge in [0.25, 0.3) is 0 Å². The van der Waals surface area contributed by atoms with Gasteiger partial charge < -0.3 is 9.13 Å². The highest BCUT2D eigenvalue weighted by Crippen LogP contribution is 2.41. The summed E-state index contributed by atoms with van der Waals surface area (Å²) in [6.45, 7) is 0. The van der Waals surface area contributed by atoms with Crippen LogP contribution in [0.5, 0.6) is 0 Å². The van der Waals surface area contributed by atoms with E-state index in [4.69, 9.17) is 15.0 Å². The summed E-state index contributed by atoms with van der Waals surface area (Å²) in [5.41, 5.74) is 16.4. The third-order valence-electron chi connectivity index (χ3n) is 13.2. The predicted molar refractivity (Wildman–Crippen MR) is 281 cm³/mol. The van der Waals surface area contributed by atoms with Gasteiger partial charge >= 0.3 is 0 Å². The molecule has 0 bridgehead atoms. The Morgan fingerprint density at radius 2 is 0.529 bits per heavy atom. The molecular formula is C63H41N5. The largest absolute Gasteiger partial charge is 0.309 e. The highest BCUT2D eigenvalue weighted by molar-refractivity contribution is 6.17. The second-order valence-corrected chi connectivity index (χ2v) is 17.2. The first-order valence-corrected chi connectivity index (χ1v) is 23.0. The Hall–Kier alpha value is -9.19. The molecule has 13 aromatic rings. The van der Waals surface area contributed by atoms with Gasteiger partial charge in [-0.2, -0.15) is 0 Å². The van der Waals surface area contributed by atoms with Crippen LogP contribution in [-0.2, 0) is 0 Å². The second kappa shape index (κ2) is 16.4. The van der Waals surface area contributed by atoms with Crippen molar-refractivity contribution in [2.24, 2.45) is 0 Å². The number of hydrogen-bond acceptors (Lipinski definition) is 3. The fourth-order valence-electron chi connectivity index (χ4n) is 10.0. The number of hydrogen-bond donors (Lipinski definition) is 0. The number of fused-ring (bicyclic) bond motifs is 6. The van der Waals surface area contributed by atoms with Crippen molar-refractivity contribution in [2.45, 2.75) is 0 Å². The summed E-state index contributed by atoms with van der Waals surface area (Å²) in [7, 11) is 0. The van der Waals surface area contributed by atoms with Crippen molar-refractivity contribution in [1.29, 1.82) is 0 Å². The van der Waals surface area contributed by atoms with E-state index in [0.29, 0.717) is 17.5 Å². The molecule has 0 aliphatic rings. The van der Waals surface area contributed by atoms with Gasteiger partial charge in [0, 0.05) is 49.6 Å². The van der Waals surface area contributed by atoms with Gasteiger partial charge in [-0.1, -0.05) is 200 Å². The lowest BCUT2D eigenvalue weighted by atomic mass is 10.0. The van der Waals surface area contributed by atoms with Crippen LogP contribution in [0.1, 0.15) is 0 Å². The van der Waals surface area contributed by atoms with Gasteiger partial charge in [-0.25, -0.2) is 15.0 Å². The molecule has 3 heterocycles. The predicted octanol–water partition coefficient (Wildman–Crippen LogP) is 16.1. The van der Waals surface area contributed by atoms with E-state index in [1.807, 2.05) is 6.07 Å². The highest BCUT2D eigenvalue weighted by atomic mass is 15.0. The summed E-state index contributed by atoms with van der Waals surface area (Å²) < 4.78 is 4.71. The fraction of sp³-hybridized carbons (Fsp3) is 0. The lowest BCUT2D eigenvalue weighted by Gasteiger charge is -2.12. The SMILES string of the molecule is c1ccc(-c2ccc(-c3nc(-c4cccc5c4c4ccccc4n5-c4ccc(-c5ccccc5)cc4)nc(-c4cccc5c4c4ccccc4n5-c4ccc(-c5ccccc5)cc4)n3)cc2)cc1. The Kier molecular flexibility index (Phi) is 9.43. The summed E-state index contributed by atoms with van der Waals surface area (Å²) in [6, 6.07) is 88.0. The molecule has 5 heteroatoms. The minimum absolute atomic E-state index is 0.610.